The number of halogens is 2. The van der Waals surface area contributed by atoms with Crippen LogP contribution in [0, 0.1) is 19.7 Å². The Morgan fingerprint density at radius 1 is 1.04 bits per heavy atom. The minimum atomic E-state index is -3.80. The van der Waals surface area contributed by atoms with Gasteiger partial charge in [-0.3, -0.25) is 4.98 Å². The monoisotopic (exact) mass is 349 g/mol. The second-order valence-corrected chi connectivity index (χ2v) is 7.72. The predicted octanol–water partition coefficient (Wildman–Crippen LogP) is 4.48. The third-order valence-electron chi connectivity index (χ3n) is 3.53. The average Bonchev–Trinajstić information content (AvgIpc) is 2.46. The van der Waals surface area contributed by atoms with Crippen LogP contribution in [-0.4, -0.2) is 13.4 Å². The number of nitrogens with zero attached hydrogens (tertiary/aromatic N) is 1. The van der Waals surface area contributed by atoms with Crippen LogP contribution >= 0.6 is 11.6 Å². The van der Waals surface area contributed by atoms with E-state index in [1.165, 1.54) is 24.4 Å². The first-order chi connectivity index (χ1) is 10.8. The van der Waals surface area contributed by atoms with Crippen molar-refractivity contribution in [3.63, 3.8) is 0 Å². The van der Waals surface area contributed by atoms with Crippen molar-refractivity contribution in [2.45, 2.75) is 23.6 Å². The first kappa shape index (κ1) is 15.9. The Morgan fingerprint density at radius 2 is 1.70 bits per heavy atom. The van der Waals surface area contributed by atoms with Crippen LogP contribution < -0.4 is 0 Å². The fourth-order valence-corrected chi connectivity index (χ4v) is 4.50. The number of aryl methyl sites for hydroxylation is 2. The van der Waals surface area contributed by atoms with Gasteiger partial charge in [0.15, 0.2) is 0 Å². The first-order valence-electron chi connectivity index (χ1n) is 6.86. The van der Waals surface area contributed by atoms with Crippen molar-refractivity contribution >= 4 is 32.3 Å². The van der Waals surface area contributed by atoms with Crippen LogP contribution in [-0.2, 0) is 9.84 Å². The van der Waals surface area contributed by atoms with E-state index >= 15 is 0 Å². The zero-order chi connectivity index (χ0) is 16.8. The Bertz CT molecular complexity index is 1010. The lowest BCUT2D eigenvalue weighted by Crippen LogP contribution is -2.05. The average molecular weight is 350 g/mol. The van der Waals surface area contributed by atoms with Crippen LogP contribution in [0.15, 0.2) is 52.4 Å². The molecule has 0 saturated heterocycles. The maximum Gasteiger partial charge on any atom is 0.209 e. The Morgan fingerprint density at radius 3 is 2.35 bits per heavy atom. The summed E-state index contributed by atoms with van der Waals surface area (Å²) >= 11 is 6.27. The number of sulfone groups is 1. The second-order valence-electron chi connectivity index (χ2n) is 5.42. The molecule has 0 unspecified atom stereocenters. The highest BCUT2D eigenvalue weighted by Gasteiger charge is 2.23. The van der Waals surface area contributed by atoms with Gasteiger partial charge >= 0.3 is 0 Å². The molecule has 3 aromatic rings. The van der Waals surface area contributed by atoms with Gasteiger partial charge < -0.3 is 0 Å². The highest BCUT2D eigenvalue weighted by Crippen LogP contribution is 2.33. The maximum atomic E-state index is 13.3. The molecule has 1 heterocycles. The molecule has 118 valence electrons. The van der Waals surface area contributed by atoms with E-state index in [1.54, 1.807) is 12.1 Å². The minimum Gasteiger partial charge on any atom is -0.255 e. The largest absolute Gasteiger partial charge is 0.255 e. The van der Waals surface area contributed by atoms with Crippen LogP contribution in [0.3, 0.4) is 0 Å². The molecular weight excluding hydrogens is 337 g/mol. The van der Waals surface area contributed by atoms with Crippen molar-refractivity contribution in [3.05, 3.63) is 64.6 Å². The Balaban J connectivity index is 2.26. The Hall–Kier alpha value is -1.98. The molecule has 6 heteroatoms. The van der Waals surface area contributed by atoms with E-state index in [-0.39, 0.29) is 14.8 Å². The van der Waals surface area contributed by atoms with E-state index in [0.717, 1.165) is 11.1 Å². The van der Waals surface area contributed by atoms with Crippen molar-refractivity contribution in [1.29, 1.82) is 0 Å². The van der Waals surface area contributed by atoms with Crippen LogP contribution in [0.1, 0.15) is 11.1 Å². The number of hydrogen-bond acceptors (Lipinski definition) is 3. The van der Waals surface area contributed by atoms with E-state index in [4.69, 9.17) is 11.6 Å². The summed E-state index contributed by atoms with van der Waals surface area (Å²) in [7, 11) is -3.80. The molecule has 0 fully saturated rings. The molecule has 3 rings (SSSR count). The van der Waals surface area contributed by atoms with Crippen molar-refractivity contribution in [2.24, 2.45) is 0 Å². The normalized spacial score (nSPS) is 11.8. The van der Waals surface area contributed by atoms with Crippen molar-refractivity contribution in [2.75, 3.05) is 0 Å². The van der Waals surface area contributed by atoms with Gasteiger partial charge in [-0.1, -0.05) is 17.7 Å². The van der Waals surface area contributed by atoms with E-state index in [0.29, 0.717) is 10.9 Å². The summed E-state index contributed by atoms with van der Waals surface area (Å²) in [5, 5.41) is 0.452. The zero-order valence-corrected chi connectivity index (χ0v) is 14.0. The molecule has 0 radical (unpaired) electrons. The molecule has 0 saturated carbocycles. The molecule has 23 heavy (non-hydrogen) atoms. The lowest BCUT2D eigenvalue weighted by Gasteiger charge is -2.10. The molecule has 0 N–H and O–H groups in total. The van der Waals surface area contributed by atoms with E-state index in [9.17, 15) is 12.8 Å². The SMILES string of the molecule is Cc1cc(C)cc(S(=O)(=O)c2cnc3cc(F)ccc3c2Cl)c1. The smallest absolute Gasteiger partial charge is 0.209 e. The summed E-state index contributed by atoms with van der Waals surface area (Å²) in [5.74, 6) is -0.453. The van der Waals surface area contributed by atoms with Crippen molar-refractivity contribution in [3.8, 4) is 0 Å². The van der Waals surface area contributed by atoms with Gasteiger partial charge in [0, 0.05) is 17.6 Å². The summed E-state index contributed by atoms with van der Waals surface area (Å²) in [6, 6.07) is 8.95. The molecule has 0 amide bonds. The lowest BCUT2D eigenvalue weighted by atomic mass is 10.2. The molecule has 0 bridgehead atoms. The molecule has 0 aliphatic heterocycles. The number of aromatic nitrogens is 1. The molecule has 0 spiro atoms. The van der Waals surface area contributed by atoms with Gasteiger partial charge in [0.25, 0.3) is 0 Å². The van der Waals surface area contributed by atoms with Crippen LogP contribution in [0.4, 0.5) is 4.39 Å². The number of fused-ring (bicyclic) bond motifs is 1. The Labute approximate surface area is 138 Å². The maximum absolute atomic E-state index is 13.3. The zero-order valence-electron chi connectivity index (χ0n) is 12.5. The van der Waals surface area contributed by atoms with Gasteiger partial charge in [-0.05, 0) is 49.2 Å². The summed E-state index contributed by atoms with van der Waals surface area (Å²) < 4.78 is 39.0. The van der Waals surface area contributed by atoms with Crippen molar-refractivity contribution < 1.29 is 12.8 Å². The first-order valence-corrected chi connectivity index (χ1v) is 8.72. The van der Waals surface area contributed by atoms with Crippen molar-refractivity contribution in [1.82, 2.24) is 4.98 Å². The third kappa shape index (κ3) is 2.82. The summed E-state index contributed by atoms with van der Waals surface area (Å²) in [6.07, 6.45) is 1.18. The van der Waals surface area contributed by atoms with Gasteiger partial charge in [-0.15, -0.1) is 0 Å². The Kier molecular flexibility index (Phi) is 3.86. The lowest BCUT2D eigenvalue weighted by molar-refractivity contribution is 0.595. The highest BCUT2D eigenvalue weighted by atomic mass is 35.5. The van der Waals surface area contributed by atoms with Gasteiger partial charge in [-0.25, -0.2) is 12.8 Å². The predicted molar refractivity (Wildman–Crippen MR) is 88.1 cm³/mol. The molecule has 0 aliphatic carbocycles. The summed E-state index contributed by atoms with van der Waals surface area (Å²) in [4.78, 5) is 4.12. The number of pyridine rings is 1. The van der Waals surface area contributed by atoms with Crippen LogP contribution in [0.2, 0.25) is 5.02 Å². The fourth-order valence-electron chi connectivity index (χ4n) is 2.52. The van der Waals surface area contributed by atoms with Crippen LogP contribution in [0.25, 0.3) is 10.9 Å². The van der Waals surface area contributed by atoms with E-state index < -0.39 is 15.7 Å². The summed E-state index contributed by atoms with van der Waals surface area (Å²) in [5.41, 5.74) is 2.00. The minimum absolute atomic E-state index is 0.0501. The standard InChI is InChI=1S/C17H13ClFNO2S/c1-10-5-11(2)7-13(6-10)23(21,22)16-9-20-15-8-12(19)3-4-14(15)17(16)18/h3-9H,1-2H3. The number of benzene rings is 2. The van der Waals surface area contributed by atoms with Gasteiger partial charge in [0.2, 0.25) is 9.84 Å². The van der Waals surface area contributed by atoms with E-state index in [1.807, 2.05) is 19.9 Å². The quantitative estimate of drug-likeness (QED) is 0.685. The molecule has 0 atom stereocenters. The molecular formula is C17H13ClFNO2S. The molecule has 3 nitrogen and oxygen atoms in total. The highest BCUT2D eigenvalue weighted by molar-refractivity contribution is 7.91. The fraction of sp³-hybridized carbons (Fsp3) is 0.118. The second kappa shape index (κ2) is 5.58. The number of hydrogen-bond donors (Lipinski definition) is 0. The van der Waals surface area contributed by atoms with E-state index in [2.05, 4.69) is 4.98 Å². The third-order valence-corrected chi connectivity index (χ3v) is 5.79. The number of rotatable bonds is 2. The molecule has 1 aromatic heterocycles. The van der Waals surface area contributed by atoms with Gasteiger partial charge in [-0.2, -0.15) is 0 Å². The topological polar surface area (TPSA) is 47.0 Å². The van der Waals surface area contributed by atoms with Gasteiger partial charge in [0.05, 0.1) is 15.4 Å². The van der Waals surface area contributed by atoms with Crippen LogP contribution in [0.5, 0.6) is 0 Å². The van der Waals surface area contributed by atoms with Gasteiger partial charge in [0.1, 0.15) is 10.7 Å². The molecule has 2 aromatic carbocycles. The molecule has 0 aliphatic rings. The summed E-state index contributed by atoms with van der Waals surface area (Å²) in [6.45, 7) is 3.66.